The minimum atomic E-state index is 0.218. The smallest absolute Gasteiger partial charge is 0.0155 e. The van der Waals surface area contributed by atoms with Gasteiger partial charge in [0.2, 0.25) is 0 Å². The van der Waals surface area contributed by atoms with Crippen LogP contribution in [0.4, 0.5) is 0 Å². The van der Waals surface area contributed by atoms with Gasteiger partial charge in [0, 0.05) is 5.54 Å². The van der Waals surface area contributed by atoms with Gasteiger partial charge in [0.05, 0.1) is 0 Å². The molecule has 23 heavy (non-hydrogen) atoms. The van der Waals surface area contributed by atoms with Crippen molar-refractivity contribution in [2.45, 2.75) is 88.0 Å². The van der Waals surface area contributed by atoms with E-state index in [2.05, 4.69) is 30.3 Å². The lowest BCUT2D eigenvalue weighted by Gasteiger charge is -2.66. The Labute approximate surface area is 141 Å². The van der Waals surface area contributed by atoms with Crippen LogP contribution in [0.15, 0.2) is 30.3 Å². The second-order valence-electron chi connectivity index (χ2n) is 9.57. The summed E-state index contributed by atoms with van der Waals surface area (Å²) < 4.78 is 0. The summed E-state index contributed by atoms with van der Waals surface area (Å²) in [6.07, 6.45) is 17.0. The molecule has 0 amide bonds. The molecule has 0 radical (unpaired) electrons. The van der Waals surface area contributed by atoms with Gasteiger partial charge in [-0.1, -0.05) is 30.3 Å². The van der Waals surface area contributed by atoms with Crippen molar-refractivity contribution >= 4 is 0 Å². The third kappa shape index (κ3) is 1.89. The normalized spacial score (nSPS) is 48.6. The molecule has 6 aliphatic rings. The molecule has 0 heterocycles. The summed E-state index contributed by atoms with van der Waals surface area (Å²) in [4.78, 5) is 0. The highest BCUT2D eigenvalue weighted by Crippen LogP contribution is 2.70. The van der Waals surface area contributed by atoms with Gasteiger partial charge in [0.15, 0.2) is 0 Å². The third-order valence-corrected chi connectivity index (χ3v) is 9.06. The summed E-state index contributed by atoms with van der Waals surface area (Å²) in [5, 5.41) is 0. The van der Waals surface area contributed by atoms with E-state index in [1.807, 2.05) is 0 Å². The first-order valence-electron chi connectivity index (χ1n) is 9.94. The van der Waals surface area contributed by atoms with Crippen LogP contribution in [0.1, 0.15) is 82.6 Å². The molecule has 7 rings (SSSR count). The van der Waals surface area contributed by atoms with Crippen molar-refractivity contribution in [1.29, 1.82) is 0 Å². The maximum atomic E-state index is 6.58. The lowest BCUT2D eigenvalue weighted by Crippen LogP contribution is -2.60. The Hall–Kier alpha value is -0.820. The summed E-state index contributed by atoms with van der Waals surface area (Å²) in [7, 11) is 0. The van der Waals surface area contributed by atoms with Crippen LogP contribution >= 0.6 is 0 Å². The van der Waals surface area contributed by atoms with Crippen molar-refractivity contribution in [1.82, 2.24) is 0 Å². The molecule has 6 fully saturated rings. The van der Waals surface area contributed by atoms with Crippen LogP contribution < -0.4 is 5.73 Å². The number of benzene rings is 1. The predicted molar refractivity (Wildman–Crippen MR) is 95.3 cm³/mol. The van der Waals surface area contributed by atoms with Crippen molar-refractivity contribution in [3.8, 4) is 0 Å². The van der Waals surface area contributed by atoms with Gasteiger partial charge < -0.3 is 5.73 Å². The summed E-state index contributed by atoms with van der Waals surface area (Å²) in [5.74, 6) is 0. The Morgan fingerprint density at radius 1 is 0.565 bits per heavy atom. The summed E-state index contributed by atoms with van der Waals surface area (Å²) in [5.41, 5.74) is 10.3. The van der Waals surface area contributed by atoms with E-state index in [0.29, 0.717) is 16.2 Å². The zero-order valence-electron chi connectivity index (χ0n) is 14.4. The topological polar surface area (TPSA) is 26.0 Å². The molecule has 0 atom stereocenters. The van der Waals surface area contributed by atoms with Gasteiger partial charge in [-0.3, -0.25) is 0 Å². The second-order valence-corrected chi connectivity index (χ2v) is 9.57. The van der Waals surface area contributed by atoms with Gasteiger partial charge >= 0.3 is 0 Å². The Morgan fingerprint density at radius 3 is 1.48 bits per heavy atom. The summed E-state index contributed by atoms with van der Waals surface area (Å²) in [6, 6.07) is 11.4. The zero-order chi connectivity index (χ0) is 15.6. The fourth-order valence-corrected chi connectivity index (χ4v) is 7.22. The monoisotopic (exact) mass is 309 g/mol. The minimum Gasteiger partial charge on any atom is -0.325 e. The van der Waals surface area contributed by atoms with Gasteiger partial charge in [0.25, 0.3) is 0 Å². The lowest BCUT2D eigenvalue weighted by atomic mass is 9.39. The lowest BCUT2D eigenvalue weighted by molar-refractivity contribution is -0.130. The van der Waals surface area contributed by atoms with E-state index >= 15 is 0 Å². The van der Waals surface area contributed by atoms with Crippen LogP contribution in [-0.2, 0) is 5.41 Å². The molecule has 0 aromatic heterocycles. The van der Waals surface area contributed by atoms with Gasteiger partial charge in [-0.05, 0) is 98.9 Å². The van der Waals surface area contributed by atoms with Crippen LogP contribution in [-0.4, -0.2) is 5.54 Å². The molecule has 6 saturated carbocycles. The molecule has 1 aromatic rings. The van der Waals surface area contributed by atoms with Crippen LogP contribution in [0.5, 0.6) is 0 Å². The quantitative estimate of drug-likeness (QED) is 0.785. The van der Waals surface area contributed by atoms with Crippen LogP contribution in [0.25, 0.3) is 0 Å². The van der Waals surface area contributed by atoms with E-state index in [9.17, 15) is 0 Å². The van der Waals surface area contributed by atoms with E-state index in [1.165, 1.54) is 77.0 Å². The average Bonchev–Trinajstić information content (AvgIpc) is 2.65. The Bertz CT molecular complexity index is 553. The molecule has 0 aliphatic heterocycles. The Kier molecular flexibility index (Phi) is 2.92. The summed E-state index contributed by atoms with van der Waals surface area (Å²) in [6.45, 7) is 0. The predicted octanol–water partition coefficient (Wildman–Crippen LogP) is 5.33. The number of rotatable bonds is 2. The second kappa shape index (κ2) is 4.63. The summed E-state index contributed by atoms with van der Waals surface area (Å²) >= 11 is 0. The Morgan fingerprint density at radius 2 is 1.00 bits per heavy atom. The first kappa shape index (κ1) is 14.5. The number of nitrogens with two attached hydrogens (primary N) is 1. The molecule has 1 aromatic carbocycles. The molecule has 124 valence electrons. The van der Waals surface area contributed by atoms with E-state index in [1.54, 1.807) is 5.56 Å². The molecule has 1 nitrogen and oxygen atoms in total. The third-order valence-electron chi connectivity index (χ3n) is 9.06. The average molecular weight is 309 g/mol. The first-order chi connectivity index (χ1) is 11.1. The molecule has 0 saturated heterocycles. The molecule has 0 unspecified atom stereocenters. The van der Waals surface area contributed by atoms with Crippen molar-refractivity contribution in [3.05, 3.63) is 35.9 Å². The first-order valence-corrected chi connectivity index (χ1v) is 9.94. The van der Waals surface area contributed by atoms with E-state index < -0.39 is 0 Å². The number of hydrogen-bond acceptors (Lipinski definition) is 1. The molecular formula is C22H31N. The van der Waals surface area contributed by atoms with Crippen molar-refractivity contribution in [3.63, 3.8) is 0 Å². The van der Waals surface area contributed by atoms with Gasteiger partial charge in [0.1, 0.15) is 0 Å². The largest absolute Gasteiger partial charge is 0.325 e. The van der Waals surface area contributed by atoms with E-state index in [0.717, 1.165) is 0 Å². The van der Waals surface area contributed by atoms with Crippen molar-refractivity contribution < 1.29 is 0 Å². The SMILES string of the molecule is NC12CCC(C34CCC(c5ccccc5)(CC3)CC4)(CC1)CC2. The van der Waals surface area contributed by atoms with Crippen molar-refractivity contribution in [2.24, 2.45) is 16.6 Å². The van der Waals surface area contributed by atoms with Gasteiger partial charge in [-0.15, -0.1) is 0 Å². The van der Waals surface area contributed by atoms with Gasteiger partial charge in [-0.2, -0.15) is 0 Å². The maximum absolute atomic E-state index is 6.58. The number of hydrogen-bond donors (Lipinski definition) is 1. The fraction of sp³-hybridized carbons (Fsp3) is 0.727. The standard InChI is InChI=1S/C22H31N/c23-22-15-12-21(13-16-22,14-17-22)20-9-6-19(7-10-20,8-11-20)18-4-2-1-3-5-18/h1-5H,6-17,23H2. The van der Waals surface area contributed by atoms with E-state index in [-0.39, 0.29) is 5.54 Å². The zero-order valence-corrected chi connectivity index (χ0v) is 14.4. The molecule has 1 heteroatoms. The van der Waals surface area contributed by atoms with Crippen molar-refractivity contribution in [2.75, 3.05) is 0 Å². The van der Waals surface area contributed by atoms with Gasteiger partial charge in [-0.25, -0.2) is 0 Å². The molecule has 2 N–H and O–H groups in total. The fourth-order valence-electron chi connectivity index (χ4n) is 7.22. The van der Waals surface area contributed by atoms with E-state index in [4.69, 9.17) is 5.73 Å². The van der Waals surface area contributed by atoms with Crippen LogP contribution in [0.3, 0.4) is 0 Å². The number of fused-ring (bicyclic) bond motifs is 6. The maximum Gasteiger partial charge on any atom is 0.0155 e. The van der Waals surface area contributed by atoms with Crippen LogP contribution in [0.2, 0.25) is 0 Å². The highest BCUT2D eigenvalue weighted by molar-refractivity contribution is 5.29. The molecule has 0 spiro atoms. The minimum absolute atomic E-state index is 0.218. The highest BCUT2D eigenvalue weighted by atomic mass is 14.8. The molecule has 4 bridgehead atoms. The molecule has 6 aliphatic carbocycles. The highest BCUT2D eigenvalue weighted by Gasteiger charge is 2.61. The Balaban J connectivity index is 1.42. The molecular weight excluding hydrogens is 278 g/mol. The van der Waals surface area contributed by atoms with Crippen LogP contribution in [0, 0.1) is 10.8 Å².